The van der Waals surface area contributed by atoms with E-state index < -0.39 is 15.9 Å². The first-order chi connectivity index (χ1) is 12.4. The second-order valence-electron chi connectivity index (χ2n) is 6.31. The molecule has 0 atom stereocenters. The van der Waals surface area contributed by atoms with Gasteiger partial charge in [0.1, 0.15) is 5.82 Å². The van der Waals surface area contributed by atoms with Crippen LogP contribution in [-0.4, -0.2) is 75.2 Å². The highest BCUT2D eigenvalue weighted by molar-refractivity contribution is 7.90. The standard InChI is InChI=1S/C15H17FN6O3S/c16-11-1-3-12(4-2-11)22-18-14(17-19-22)15(23)20-7-9-21(10-8-20)26(24,25)13-5-6-13/h1-4,13H,5-10H2. The SMILES string of the molecule is O=C(c1nnn(-c2ccc(F)cc2)n1)N1CCN(S(=O)(=O)C2CC2)CC1. The minimum absolute atomic E-state index is 0.0761. The van der Waals surface area contributed by atoms with E-state index in [1.807, 2.05) is 0 Å². The van der Waals surface area contributed by atoms with Gasteiger partial charge in [-0.2, -0.15) is 4.31 Å². The first-order valence-electron chi connectivity index (χ1n) is 8.29. The number of aromatic nitrogens is 4. The molecule has 4 rings (SSSR count). The fourth-order valence-corrected chi connectivity index (χ4v) is 4.67. The molecule has 138 valence electrons. The van der Waals surface area contributed by atoms with Crippen LogP contribution in [0.5, 0.6) is 0 Å². The predicted octanol–water partition coefficient (Wildman–Crippen LogP) is 0.0514. The Hall–Kier alpha value is -2.40. The molecule has 9 nitrogen and oxygen atoms in total. The van der Waals surface area contributed by atoms with E-state index >= 15 is 0 Å². The Morgan fingerprint density at radius 2 is 1.73 bits per heavy atom. The van der Waals surface area contributed by atoms with Gasteiger partial charge in [-0.15, -0.1) is 15.0 Å². The van der Waals surface area contributed by atoms with Crippen molar-refractivity contribution in [1.29, 1.82) is 0 Å². The van der Waals surface area contributed by atoms with Gasteiger partial charge in [-0.1, -0.05) is 0 Å². The van der Waals surface area contributed by atoms with Gasteiger partial charge in [0.2, 0.25) is 10.0 Å². The van der Waals surface area contributed by atoms with Crippen molar-refractivity contribution in [3.05, 3.63) is 35.9 Å². The van der Waals surface area contributed by atoms with Crippen molar-refractivity contribution in [2.24, 2.45) is 0 Å². The molecular weight excluding hydrogens is 363 g/mol. The average molecular weight is 380 g/mol. The van der Waals surface area contributed by atoms with E-state index in [2.05, 4.69) is 15.4 Å². The number of benzene rings is 1. The second kappa shape index (κ2) is 6.40. The number of tetrazole rings is 1. The normalized spacial score (nSPS) is 18.9. The lowest BCUT2D eigenvalue weighted by Gasteiger charge is -2.33. The molecule has 1 saturated carbocycles. The van der Waals surface area contributed by atoms with Crippen molar-refractivity contribution in [2.45, 2.75) is 18.1 Å². The highest BCUT2D eigenvalue weighted by Crippen LogP contribution is 2.31. The van der Waals surface area contributed by atoms with Gasteiger partial charge in [-0.25, -0.2) is 12.8 Å². The molecule has 0 bridgehead atoms. The third-order valence-corrected chi connectivity index (χ3v) is 6.89. The minimum Gasteiger partial charge on any atom is -0.333 e. The second-order valence-corrected chi connectivity index (χ2v) is 8.53. The Balaban J connectivity index is 1.42. The van der Waals surface area contributed by atoms with Crippen molar-refractivity contribution >= 4 is 15.9 Å². The summed E-state index contributed by atoms with van der Waals surface area (Å²) in [5.41, 5.74) is 0.485. The third kappa shape index (κ3) is 3.19. The smallest absolute Gasteiger partial charge is 0.295 e. The summed E-state index contributed by atoms with van der Waals surface area (Å²) in [5.74, 6) is -0.862. The van der Waals surface area contributed by atoms with Crippen LogP contribution < -0.4 is 0 Å². The molecule has 0 unspecified atom stereocenters. The zero-order valence-corrected chi connectivity index (χ0v) is 14.6. The van der Waals surface area contributed by atoms with Crippen LogP contribution in [0.3, 0.4) is 0 Å². The summed E-state index contributed by atoms with van der Waals surface area (Å²) in [4.78, 5) is 15.2. The van der Waals surface area contributed by atoms with Gasteiger partial charge < -0.3 is 4.90 Å². The number of halogens is 1. The van der Waals surface area contributed by atoms with Crippen molar-refractivity contribution < 1.29 is 17.6 Å². The van der Waals surface area contributed by atoms with Crippen molar-refractivity contribution in [1.82, 2.24) is 29.4 Å². The number of piperazine rings is 1. The summed E-state index contributed by atoms with van der Waals surface area (Å²) >= 11 is 0. The topological polar surface area (TPSA) is 101 Å². The predicted molar refractivity (Wildman–Crippen MR) is 88.5 cm³/mol. The molecule has 2 heterocycles. The summed E-state index contributed by atoms with van der Waals surface area (Å²) in [5, 5.41) is 11.4. The van der Waals surface area contributed by atoms with E-state index in [-0.39, 0.29) is 43.1 Å². The Morgan fingerprint density at radius 1 is 1.08 bits per heavy atom. The van der Waals surface area contributed by atoms with Crippen LogP contribution in [0.15, 0.2) is 24.3 Å². The highest BCUT2D eigenvalue weighted by Gasteiger charge is 2.41. The monoisotopic (exact) mass is 380 g/mol. The van der Waals surface area contributed by atoms with E-state index in [1.54, 1.807) is 0 Å². The lowest BCUT2D eigenvalue weighted by Crippen LogP contribution is -2.51. The van der Waals surface area contributed by atoms with Gasteiger partial charge in [-0.3, -0.25) is 4.79 Å². The third-order valence-electron chi connectivity index (χ3n) is 4.49. The van der Waals surface area contributed by atoms with Crippen LogP contribution in [0.25, 0.3) is 5.69 Å². The van der Waals surface area contributed by atoms with E-state index in [0.29, 0.717) is 5.69 Å². The molecule has 2 fully saturated rings. The van der Waals surface area contributed by atoms with Crippen LogP contribution >= 0.6 is 0 Å². The molecule has 1 aromatic heterocycles. The quantitative estimate of drug-likeness (QED) is 0.743. The first kappa shape index (κ1) is 17.0. The van der Waals surface area contributed by atoms with Crippen LogP contribution in [0.4, 0.5) is 4.39 Å². The lowest BCUT2D eigenvalue weighted by atomic mass is 10.3. The fourth-order valence-electron chi connectivity index (χ4n) is 2.85. The highest BCUT2D eigenvalue weighted by atomic mass is 32.2. The molecule has 1 aliphatic carbocycles. The van der Waals surface area contributed by atoms with Gasteiger partial charge in [0.15, 0.2) is 0 Å². The lowest BCUT2D eigenvalue weighted by molar-refractivity contribution is 0.0685. The molecule has 0 radical (unpaired) electrons. The van der Waals surface area contributed by atoms with Gasteiger partial charge in [-0.05, 0) is 42.3 Å². The molecule has 1 aromatic carbocycles. The Bertz CT molecular complexity index is 917. The van der Waals surface area contributed by atoms with Gasteiger partial charge >= 0.3 is 0 Å². The van der Waals surface area contributed by atoms with Gasteiger partial charge in [0.25, 0.3) is 11.7 Å². The molecule has 2 aromatic rings. The number of amides is 1. The molecule has 0 N–H and O–H groups in total. The maximum absolute atomic E-state index is 13.0. The molecule has 2 aliphatic rings. The molecule has 0 spiro atoms. The van der Waals surface area contributed by atoms with Crippen molar-refractivity contribution in [3.63, 3.8) is 0 Å². The van der Waals surface area contributed by atoms with E-state index in [4.69, 9.17) is 0 Å². The first-order valence-corrected chi connectivity index (χ1v) is 9.80. The van der Waals surface area contributed by atoms with Crippen LogP contribution in [0.1, 0.15) is 23.5 Å². The van der Waals surface area contributed by atoms with Gasteiger partial charge in [0, 0.05) is 26.2 Å². The summed E-state index contributed by atoms with van der Waals surface area (Å²) < 4.78 is 38.9. The molecule has 26 heavy (non-hydrogen) atoms. The Kier molecular flexibility index (Phi) is 4.19. The van der Waals surface area contributed by atoms with Crippen molar-refractivity contribution in [2.75, 3.05) is 26.2 Å². The minimum atomic E-state index is -3.22. The Labute approximate surface area is 149 Å². The number of rotatable bonds is 4. The van der Waals surface area contributed by atoms with Gasteiger partial charge in [0.05, 0.1) is 10.9 Å². The molecule has 1 aliphatic heterocycles. The summed E-state index contributed by atoms with van der Waals surface area (Å²) in [6.45, 7) is 1.12. The number of sulfonamides is 1. The van der Waals surface area contributed by atoms with E-state index in [9.17, 15) is 17.6 Å². The number of hydrogen-bond donors (Lipinski definition) is 0. The van der Waals surface area contributed by atoms with Crippen LogP contribution in [0.2, 0.25) is 0 Å². The summed E-state index contributed by atoms with van der Waals surface area (Å²) in [6, 6.07) is 5.49. The Morgan fingerprint density at radius 3 is 2.35 bits per heavy atom. The van der Waals surface area contributed by atoms with E-state index in [0.717, 1.165) is 17.6 Å². The largest absolute Gasteiger partial charge is 0.333 e. The fraction of sp³-hybridized carbons (Fsp3) is 0.467. The average Bonchev–Trinajstić information content (AvgIpc) is 3.41. The molecule has 1 amide bonds. The maximum Gasteiger partial charge on any atom is 0.295 e. The number of carbonyl (C=O) groups excluding carboxylic acids is 1. The number of carbonyl (C=O) groups is 1. The zero-order chi connectivity index (χ0) is 18.3. The zero-order valence-electron chi connectivity index (χ0n) is 13.8. The van der Waals surface area contributed by atoms with Crippen LogP contribution in [-0.2, 0) is 10.0 Å². The molecule has 11 heteroatoms. The molecule has 1 saturated heterocycles. The van der Waals surface area contributed by atoms with Crippen LogP contribution in [0, 0.1) is 5.82 Å². The molecular formula is C15H17FN6O3S. The van der Waals surface area contributed by atoms with E-state index in [1.165, 1.54) is 33.5 Å². The maximum atomic E-state index is 13.0. The number of nitrogens with zero attached hydrogens (tertiary/aromatic N) is 6. The summed E-state index contributed by atoms with van der Waals surface area (Å²) in [7, 11) is -3.22. The number of hydrogen-bond acceptors (Lipinski definition) is 6. The van der Waals surface area contributed by atoms with Crippen molar-refractivity contribution in [3.8, 4) is 5.69 Å². The summed E-state index contributed by atoms with van der Waals surface area (Å²) in [6.07, 6.45) is 1.44.